The molecule has 0 aromatic rings. The zero-order chi connectivity index (χ0) is 10.2. The summed E-state index contributed by atoms with van der Waals surface area (Å²) in [5.41, 5.74) is 0. The Morgan fingerprint density at radius 2 is 2.07 bits per heavy atom. The van der Waals surface area contributed by atoms with Crippen LogP contribution in [0.5, 0.6) is 0 Å². The average Bonchev–Trinajstić information content (AvgIpc) is 2.25. The third kappa shape index (κ3) is 4.45. The smallest absolute Gasteiger partial charge is 0.305 e. The van der Waals surface area contributed by atoms with Gasteiger partial charge in [0.2, 0.25) is 0 Å². The van der Waals surface area contributed by atoms with Gasteiger partial charge >= 0.3 is 5.97 Å². The van der Waals surface area contributed by atoms with Crippen molar-refractivity contribution in [1.29, 1.82) is 0 Å². The molecule has 0 spiro atoms. The molecule has 0 aliphatic heterocycles. The minimum absolute atomic E-state index is 0.113. The van der Waals surface area contributed by atoms with Crippen LogP contribution in [-0.4, -0.2) is 13.1 Å². The molecule has 2 nitrogen and oxygen atoms in total. The van der Waals surface area contributed by atoms with Gasteiger partial charge in [0.15, 0.2) is 0 Å². The van der Waals surface area contributed by atoms with Crippen LogP contribution in [-0.2, 0) is 9.53 Å². The molecular weight excluding hydrogens is 176 g/mol. The molecule has 0 aromatic carbocycles. The van der Waals surface area contributed by atoms with Crippen LogP contribution < -0.4 is 0 Å². The van der Waals surface area contributed by atoms with Gasteiger partial charge in [-0.2, -0.15) is 0 Å². The van der Waals surface area contributed by atoms with Crippen LogP contribution in [0.25, 0.3) is 0 Å². The first-order valence-electron chi connectivity index (χ1n) is 5.56. The van der Waals surface area contributed by atoms with Crippen molar-refractivity contribution in [2.45, 2.75) is 44.9 Å². The highest BCUT2D eigenvalue weighted by Gasteiger charge is 2.09. The van der Waals surface area contributed by atoms with Crippen molar-refractivity contribution in [3.05, 3.63) is 12.2 Å². The van der Waals surface area contributed by atoms with Crippen molar-refractivity contribution < 1.29 is 9.53 Å². The lowest BCUT2D eigenvalue weighted by molar-refractivity contribution is -0.140. The van der Waals surface area contributed by atoms with Gasteiger partial charge < -0.3 is 4.74 Å². The van der Waals surface area contributed by atoms with E-state index in [-0.39, 0.29) is 5.97 Å². The van der Waals surface area contributed by atoms with Gasteiger partial charge in [-0.15, -0.1) is 0 Å². The Hall–Kier alpha value is -0.790. The molecule has 0 saturated heterocycles. The van der Waals surface area contributed by atoms with Gasteiger partial charge in [-0.25, -0.2) is 0 Å². The van der Waals surface area contributed by atoms with E-state index in [2.05, 4.69) is 16.9 Å². The predicted octanol–water partition coefficient (Wildman–Crippen LogP) is 3.08. The summed E-state index contributed by atoms with van der Waals surface area (Å²) in [6.07, 6.45) is 12.5. The summed E-state index contributed by atoms with van der Waals surface area (Å²) in [6, 6.07) is 0. The topological polar surface area (TPSA) is 26.3 Å². The van der Waals surface area contributed by atoms with E-state index in [1.807, 2.05) is 0 Å². The molecule has 1 fully saturated rings. The van der Waals surface area contributed by atoms with Crippen molar-refractivity contribution in [3.8, 4) is 0 Å². The fourth-order valence-electron chi connectivity index (χ4n) is 1.92. The minimum Gasteiger partial charge on any atom is -0.469 e. The largest absolute Gasteiger partial charge is 0.469 e. The number of carbonyl (C=O) groups is 1. The summed E-state index contributed by atoms with van der Waals surface area (Å²) in [6.45, 7) is 0. The van der Waals surface area contributed by atoms with E-state index in [9.17, 15) is 4.79 Å². The molecule has 0 N–H and O–H groups in total. The molecule has 0 unspecified atom stereocenters. The van der Waals surface area contributed by atoms with Crippen LogP contribution in [0.3, 0.4) is 0 Å². The number of ether oxygens (including phenoxy) is 1. The van der Waals surface area contributed by atoms with Crippen molar-refractivity contribution in [1.82, 2.24) is 0 Å². The molecule has 1 aliphatic carbocycles. The van der Waals surface area contributed by atoms with Crippen molar-refractivity contribution in [3.63, 3.8) is 0 Å². The third-order valence-electron chi connectivity index (χ3n) is 2.80. The Morgan fingerprint density at radius 1 is 1.36 bits per heavy atom. The van der Waals surface area contributed by atoms with Crippen LogP contribution in [0.1, 0.15) is 44.9 Å². The minimum atomic E-state index is -0.113. The normalized spacial score (nSPS) is 18.6. The number of hydrogen-bond acceptors (Lipinski definition) is 2. The van der Waals surface area contributed by atoms with Crippen molar-refractivity contribution in [2.75, 3.05) is 7.11 Å². The Kier molecular flexibility index (Phi) is 5.35. The molecule has 0 amide bonds. The van der Waals surface area contributed by atoms with Gasteiger partial charge in [0.1, 0.15) is 0 Å². The first-order valence-corrected chi connectivity index (χ1v) is 5.56. The van der Waals surface area contributed by atoms with Gasteiger partial charge in [0.05, 0.1) is 7.11 Å². The van der Waals surface area contributed by atoms with Gasteiger partial charge in [0.25, 0.3) is 0 Å². The second kappa shape index (κ2) is 6.63. The average molecular weight is 196 g/mol. The number of methoxy groups -OCH3 is 1. The lowest BCUT2D eigenvalue weighted by Crippen LogP contribution is -2.03. The number of allylic oxidation sites excluding steroid dienone is 2. The molecule has 0 aromatic heterocycles. The fraction of sp³-hybridized carbons (Fsp3) is 0.750. The fourth-order valence-corrected chi connectivity index (χ4v) is 1.92. The standard InChI is InChI=1S/C12H20O2/c1-14-12(13)10-6-5-9-11-7-3-2-4-8-11/h5,9,11H,2-4,6-8,10H2,1H3/b9-5+. The van der Waals surface area contributed by atoms with E-state index < -0.39 is 0 Å². The Morgan fingerprint density at radius 3 is 2.71 bits per heavy atom. The molecule has 0 radical (unpaired) electrons. The SMILES string of the molecule is COC(=O)CC/C=C/C1CCCCC1. The van der Waals surface area contributed by atoms with Gasteiger partial charge in [-0.3, -0.25) is 4.79 Å². The van der Waals surface area contributed by atoms with E-state index in [4.69, 9.17) is 0 Å². The number of carbonyl (C=O) groups excluding carboxylic acids is 1. The summed E-state index contributed by atoms with van der Waals surface area (Å²) in [4.78, 5) is 10.8. The zero-order valence-corrected chi connectivity index (χ0v) is 9.00. The number of esters is 1. The van der Waals surface area contributed by atoms with Crippen LogP contribution in [0.2, 0.25) is 0 Å². The Labute approximate surface area is 86.3 Å². The number of rotatable bonds is 4. The number of hydrogen-bond donors (Lipinski definition) is 0. The first-order chi connectivity index (χ1) is 6.83. The molecule has 0 atom stereocenters. The van der Waals surface area contributed by atoms with Crippen LogP contribution in [0.4, 0.5) is 0 Å². The van der Waals surface area contributed by atoms with Crippen LogP contribution >= 0.6 is 0 Å². The van der Waals surface area contributed by atoms with E-state index >= 15 is 0 Å². The molecule has 1 saturated carbocycles. The Balaban J connectivity index is 2.09. The van der Waals surface area contributed by atoms with Gasteiger partial charge in [-0.1, -0.05) is 31.4 Å². The van der Waals surface area contributed by atoms with E-state index in [0.717, 1.165) is 12.3 Å². The summed E-state index contributed by atoms with van der Waals surface area (Å²) < 4.78 is 4.57. The first kappa shape index (κ1) is 11.3. The molecule has 1 rings (SSSR count). The molecule has 0 heterocycles. The van der Waals surface area contributed by atoms with Gasteiger partial charge in [0, 0.05) is 6.42 Å². The summed E-state index contributed by atoms with van der Waals surface area (Å²) in [5, 5.41) is 0. The van der Waals surface area contributed by atoms with E-state index in [0.29, 0.717) is 6.42 Å². The lowest BCUT2D eigenvalue weighted by Gasteiger charge is -2.17. The maximum Gasteiger partial charge on any atom is 0.305 e. The van der Waals surface area contributed by atoms with E-state index in [1.54, 1.807) is 0 Å². The van der Waals surface area contributed by atoms with Gasteiger partial charge in [-0.05, 0) is 25.2 Å². The molecule has 14 heavy (non-hydrogen) atoms. The summed E-state index contributed by atoms with van der Waals surface area (Å²) in [5.74, 6) is 0.652. The highest BCUT2D eigenvalue weighted by molar-refractivity contribution is 5.69. The Bertz CT molecular complexity index is 190. The molecule has 80 valence electrons. The second-order valence-electron chi connectivity index (χ2n) is 3.94. The molecule has 1 aliphatic rings. The lowest BCUT2D eigenvalue weighted by atomic mass is 9.89. The highest BCUT2D eigenvalue weighted by Crippen LogP contribution is 2.24. The molecular formula is C12H20O2. The van der Waals surface area contributed by atoms with E-state index in [1.165, 1.54) is 39.2 Å². The highest BCUT2D eigenvalue weighted by atomic mass is 16.5. The second-order valence-corrected chi connectivity index (χ2v) is 3.94. The predicted molar refractivity (Wildman–Crippen MR) is 57.0 cm³/mol. The maximum absolute atomic E-state index is 10.8. The third-order valence-corrected chi connectivity index (χ3v) is 2.80. The zero-order valence-electron chi connectivity index (χ0n) is 9.00. The maximum atomic E-state index is 10.8. The van der Waals surface area contributed by atoms with Crippen LogP contribution in [0.15, 0.2) is 12.2 Å². The van der Waals surface area contributed by atoms with Crippen molar-refractivity contribution in [2.24, 2.45) is 5.92 Å². The molecule has 2 heteroatoms. The van der Waals surface area contributed by atoms with Crippen LogP contribution in [0, 0.1) is 5.92 Å². The monoisotopic (exact) mass is 196 g/mol. The molecule has 0 bridgehead atoms. The summed E-state index contributed by atoms with van der Waals surface area (Å²) in [7, 11) is 1.44. The van der Waals surface area contributed by atoms with Crippen molar-refractivity contribution >= 4 is 5.97 Å². The summed E-state index contributed by atoms with van der Waals surface area (Å²) >= 11 is 0. The quantitative estimate of drug-likeness (QED) is 0.510.